The van der Waals surface area contributed by atoms with E-state index in [0.717, 1.165) is 0 Å². The molecule has 11 heavy (non-hydrogen) atoms. The second kappa shape index (κ2) is 1.84. The molecule has 0 spiro atoms. The number of rotatable bonds is 1. The summed E-state index contributed by atoms with van der Waals surface area (Å²) in [7, 11) is 0. The normalized spacial score (nSPS) is 33.5. The zero-order valence-corrected chi connectivity index (χ0v) is 5.86. The van der Waals surface area contributed by atoms with Crippen molar-refractivity contribution in [3.05, 3.63) is 12.3 Å². The summed E-state index contributed by atoms with van der Waals surface area (Å²) in [6.07, 6.45) is 3.80. The maximum atomic E-state index is 10.8. The molecule has 2 atom stereocenters. The van der Waals surface area contributed by atoms with E-state index >= 15 is 0 Å². The molecule has 0 bridgehead atoms. The van der Waals surface area contributed by atoms with Crippen LogP contribution in [0.2, 0.25) is 0 Å². The van der Waals surface area contributed by atoms with Crippen molar-refractivity contribution in [2.24, 2.45) is 11.7 Å². The molecule has 2 amide bonds. The molecule has 4 nitrogen and oxygen atoms in total. The largest absolute Gasteiger partial charge is 0.369 e. The fourth-order valence-electron chi connectivity index (χ4n) is 1.55. The zero-order chi connectivity index (χ0) is 8.01. The number of fused-ring (bicyclic) bond motifs is 1. The van der Waals surface area contributed by atoms with Gasteiger partial charge in [-0.3, -0.25) is 9.59 Å². The van der Waals surface area contributed by atoms with Crippen molar-refractivity contribution in [3.8, 4) is 0 Å². The maximum absolute atomic E-state index is 10.8. The van der Waals surface area contributed by atoms with Gasteiger partial charge in [0.05, 0.1) is 12.0 Å². The number of nitrogens with two attached hydrogens (primary N) is 1. The van der Waals surface area contributed by atoms with Gasteiger partial charge in [0, 0.05) is 12.6 Å². The number of carbonyl (C=O) groups is 2. The first kappa shape index (κ1) is 6.39. The van der Waals surface area contributed by atoms with Crippen LogP contribution in [-0.4, -0.2) is 22.8 Å². The van der Waals surface area contributed by atoms with E-state index in [1.54, 1.807) is 17.2 Å². The molecule has 2 N–H and O–H groups in total. The van der Waals surface area contributed by atoms with Gasteiger partial charge in [-0.05, 0) is 0 Å². The number of amides is 2. The Hall–Kier alpha value is -1.32. The molecule has 58 valence electrons. The summed E-state index contributed by atoms with van der Waals surface area (Å²) in [4.78, 5) is 23.1. The van der Waals surface area contributed by atoms with Gasteiger partial charge in [-0.15, -0.1) is 0 Å². The number of carbonyl (C=O) groups excluding carboxylic acids is 2. The van der Waals surface area contributed by atoms with E-state index in [9.17, 15) is 9.59 Å². The highest BCUT2D eigenvalue weighted by molar-refractivity contribution is 5.90. The van der Waals surface area contributed by atoms with E-state index in [1.165, 1.54) is 0 Å². The van der Waals surface area contributed by atoms with Crippen LogP contribution in [0, 0.1) is 5.92 Å². The van der Waals surface area contributed by atoms with Gasteiger partial charge in [0.25, 0.3) is 0 Å². The Morgan fingerprint density at radius 1 is 1.73 bits per heavy atom. The molecule has 0 saturated carbocycles. The van der Waals surface area contributed by atoms with Crippen molar-refractivity contribution in [3.63, 3.8) is 0 Å². The van der Waals surface area contributed by atoms with Crippen LogP contribution in [0.1, 0.15) is 6.42 Å². The van der Waals surface area contributed by atoms with Crippen LogP contribution in [0.15, 0.2) is 12.3 Å². The number of hydrogen-bond acceptors (Lipinski definition) is 2. The summed E-state index contributed by atoms with van der Waals surface area (Å²) < 4.78 is 0. The van der Waals surface area contributed by atoms with Crippen LogP contribution in [-0.2, 0) is 9.59 Å². The maximum Gasteiger partial charge on any atom is 0.228 e. The van der Waals surface area contributed by atoms with E-state index in [0.29, 0.717) is 6.42 Å². The minimum atomic E-state index is -0.346. The zero-order valence-electron chi connectivity index (χ0n) is 5.86. The van der Waals surface area contributed by atoms with Crippen LogP contribution < -0.4 is 5.73 Å². The van der Waals surface area contributed by atoms with Gasteiger partial charge < -0.3 is 10.6 Å². The van der Waals surface area contributed by atoms with Crippen LogP contribution >= 0.6 is 0 Å². The first-order chi connectivity index (χ1) is 5.20. The fraction of sp³-hybridized carbons (Fsp3) is 0.429. The van der Waals surface area contributed by atoms with Crippen LogP contribution in [0.3, 0.4) is 0 Å². The minimum absolute atomic E-state index is 0.0278. The molecular weight excluding hydrogens is 144 g/mol. The van der Waals surface area contributed by atoms with Crippen molar-refractivity contribution in [1.29, 1.82) is 0 Å². The van der Waals surface area contributed by atoms with E-state index in [-0.39, 0.29) is 23.8 Å². The molecule has 4 heteroatoms. The van der Waals surface area contributed by atoms with Gasteiger partial charge >= 0.3 is 0 Å². The minimum Gasteiger partial charge on any atom is -0.369 e. The first-order valence-corrected chi connectivity index (χ1v) is 3.49. The molecule has 2 aliphatic rings. The Morgan fingerprint density at radius 2 is 2.45 bits per heavy atom. The molecule has 1 unspecified atom stereocenters. The Labute approximate surface area is 63.7 Å². The lowest BCUT2D eigenvalue weighted by Crippen LogP contribution is -2.51. The lowest BCUT2D eigenvalue weighted by atomic mass is 9.92. The second-order valence-corrected chi connectivity index (χ2v) is 2.84. The summed E-state index contributed by atoms with van der Waals surface area (Å²) in [6, 6.07) is 0.0278. The molecule has 0 aromatic heterocycles. The number of hydrogen-bond donors (Lipinski definition) is 1. The van der Waals surface area contributed by atoms with E-state index < -0.39 is 0 Å². The Bertz CT molecular complexity index is 259. The molecule has 0 aromatic carbocycles. The predicted molar refractivity (Wildman–Crippen MR) is 37.1 cm³/mol. The highest BCUT2D eigenvalue weighted by Gasteiger charge is 2.44. The fourth-order valence-corrected chi connectivity index (χ4v) is 1.55. The standard InChI is InChI=1S/C7H8N2O2/c8-7(11)4-1-2-9-5(4)3-6(9)10/h1-2,4-5H,3H2,(H2,8,11)/t4?,5-/m0/s1. The highest BCUT2D eigenvalue weighted by atomic mass is 16.2. The van der Waals surface area contributed by atoms with Crippen molar-refractivity contribution in [2.45, 2.75) is 12.5 Å². The number of nitrogens with zero attached hydrogens (tertiary/aromatic N) is 1. The molecule has 2 heterocycles. The Balaban J connectivity index is 2.16. The molecule has 2 aliphatic heterocycles. The van der Waals surface area contributed by atoms with Gasteiger partial charge in [-0.1, -0.05) is 6.08 Å². The quantitative estimate of drug-likeness (QED) is 0.501. The molecule has 0 aliphatic carbocycles. The summed E-state index contributed by atoms with van der Waals surface area (Å²) >= 11 is 0. The van der Waals surface area contributed by atoms with Gasteiger partial charge in [0.15, 0.2) is 0 Å². The van der Waals surface area contributed by atoms with E-state index in [4.69, 9.17) is 5.73 Å². The summed E-state index contributed by atoms with van der Waals surface area (Å²) in [5.74, 6) is -0.524. The molecule has 0 aromatic rings. The first-order valence-electron chi connectivity index (χ1n) is 3.49. The third-order valence-corrected chi connectivity index (χ3v) is 2.23. The van der Waals surface area contributed by atoms with Crippen LogP contribution in [0.4, 0.5) is 0 Å². The summed E-state index contributed by atoms with van der Waals surface area (Å²) in [6.45, 7) is 0. The van der Waals surface area contributed by atoms with Crippen molar-refractivity contribution >= 4 is 11.8 Å². The second-order valence-electron chi connectivity index (χ2n) is 2.84. The third kappa shape index (κ3) is 0.691. The summed E-state index contributed by atoms with van der Waals surface area (Å²) in [5, 5.41) is 0. The van der Waals surface area contributed by atoms with Crippen molar-refractivity contribution in [1.82, 2.24) is 4.90 Å². The van der Waals surface area contributed by atoms with E-state index in [1.807, 2.05) is 0 Å². The SMILES string of the molecule is NC(=O)C1C=CN2C(=O)C[C@@H]12. The third-order valence-electron chi connectivity index (χ3n) is 2.23. The molecule has 0 radical (unpaired) electrons. The Kier molecular flexibility index (Phi) is 1.07. The molecule has 1 fully saturated rings. The van der Waals surface area contributed by atoms with Gasteiger partial charge in [0.2, 0.25) is 11.8 Å². The molecular formula is C7H8N2O2. The van der Waals surface area contributed by atoms with Gasteiger partial charge in [-0.2, -0.15) is 0 Å². The number of β-lactam (4-membered cyclic amide) rings is 1. The lowest BCUT2D eigenvalue weighted by Gasteiger charge is -2.35. The van der Waals surface area contributed by atoms with Gasteiger partial charge in [-0.25, -0.2) is 0 Å². The van der Waals surface area contributed by atoms with Crippen molar-refractivity contribution < 1.29 is 9.59 Å². The monoisotopic (exact) mass is 152 g/mol. The highest BCUT2D eigenvalue weighted by Crippen LogP contribution is 2.32. The van der Waals surface area contributed by atoms with Crippen molar-refractivity contribution in [2.75, 3.05) is 0 Å². The smallest absolute Gasteiger partial charge is 0.228 e. The number of primary amides is 1. The topological polar surface area (TPSA) is 63.4 Å². The molecule has 1 saturated heterocycles. The average molecular weight is 152 g/mol. The molecule has 2 rings (SSSR count). The van der Waals surface area contributed by atoms with Crippen LogP contribution in [0.25, 0.3) is 0 Å². The summed E-state index contributed by atoms with van der Waals surface area (Å²) in [5.41, 5.74) is 5.10. The predicted octanol–water partition coefficient (Wildman–Crippen LogP) is -0.784. The van der Waals surface area contributed by atoms with E-state index in [2.05, 4.69) is 0 Å². The Morgan fingerprint density at radius 3 is 2.91 bits per heavy atom. The lowest BCUT2D eigenvalue weighted by molar-refractivity contribution is -0.143. The average Bonchev–Trinajstić information content (AvgIpc) is 2.25. The van der Waals surface area contributed by atoms with Gasteiger partial charge in [0.1, 0.15) is 0 Å². The van der Waals surface area contributed by atoms with Crippen LogP contribution in [0.5, 0.6) is 0 Å².